The van der Waals surface area contributed by atoms with Crippen molar-refractivity contribution in [1.82, 2.24) is 24.8 Å². The summed E-state index contributed by atoms with van der Waals surface area (Å²) in [7, 11) is 0. The van der Waals surface area contributed by atoms with Gasteiger partial charge in [0.1, 0.15) is 5.82 Å². The fraction of sp³-hybridized carbons (Fsp3) is 0.333. The molecule has 0 unspecified atom stereocenters. The second kappa shape index (κ2) is 7.70. The highest BCUT2D eigenvalue weighted by molar-refractivity contribution is 5.53. The Morgan fingerprint density at radius 3 is 2.58 bits per heavy atom. The summed E-state index contributed by atoms with van der Waals surface area (Å²) in [6, 6.07) is 10.1. The lowest BCUT2D eigenvalue weighted by molar-refractivity contribution is 0.242. The van der Waals surface area contributed by atoms with E-state index in [1.54, 1.807) is 0 Å². The van der Waals surface area contributed by atoms with Crippen molar-refractivity contribution in [3.05, 3.63) is 71.6 Å². The maximum atomic E-state index is 4.73. The Hall–Kier alpha value is -2.66. The summed E-state index contributed by atoms with van der Waals surface area (Å²) in [6.07, 6.45) is 8.91. The summed E-state index contributed by atoms with van der Waals surface area (Å²) in [6.45, 7) is 4.92. The predicted molar refractivity (Wildman–Crippen MR) is 101 cm³/mol. The third-order valence-electron chi connectivity index (χ3n) is 4.68. The zero-order valence-electron chi connectivity index (χ0n) is 15.1. The molecule has 1 aliphatic rings. The third-order valence-corrected chi connectivity index (χ3v) is 4.68. The normalized spacial score (nSPS) is 14.2. The van der Waals surface area contributed by atoms with Crippen molar-refractivity contribution in [1.29, 1.82) is 0 Å². The minimum Gasteiger partial charge on any atom is -0.294 e. The van der Waals surface area contributed by atoms with Gasteiger partial charge in [-0.25, -0.2) is 19.9 Å². The van der Waals surface area contributed by atoms with E-state index in [1.165, 1.54) is 11.3 Å². The molecule has 1 aromatic carbocycles. The fourth-order valence-electron chi connectivity index (χ4n) is 3.33. The molecule has 3 heterocycles. The number of rotatable bonds is 5. The van der Waals surface area contributed by atoms with Crippen LogP contribution in [-0.2, 0) is 25.9 Å². The average molecular weight is 345 g/mol. The molecule has 0 fully saturated rings. The molecule has 132 valence electrons. The van der Waals surface area contributed by atoms with E-state index in [1.807, 2.05) is 48.9 Å². The Balaban J connectivity index is 1.42. The molecule has 5 heteroatoms. The number of fused-ring (bicyclic) bond motifs is 1. The van der Waals surface area contributed by atoms with Crippen LogP contribution in [0.5, 0.6) is 0 Å². The molecule has 26 heavy (non-hydrogen) atoms. The highest BCUT2D eigenvalue weighted by Gasteiger charge is 2.18. The molecule has 0 atom stereocenters. The number of nitrogens with zero attached hydrogens (tertiary/aromatic N) is 5. The lowest BCUT2D eigenvalue weighted by atomic mass is 10.1. The molecule has 5 nitrogen and oxygen atoms in total. The quantitative estimate of drug-likeness (QED) is 0.709. The van der Waals surface area contributed by atoms with Crippen molar-refractivity contribution in [2.45, 2.75) is 39.3 Å². The Morgan fingerprint density at radius 1 is 1.00 bits per heavy atom. The van der Waals surface area contributed by atoms with Gasteiger partial charge in [-0.3, -0.25) is 4.90 Å². The van der Waals surface area contributed by atoms with Crippen molar-refractivity contribution in [3.8, 4) is 11.4 Å². The van der Waals surface area contributed by atoms with E-state index in [0.717, 1.165) is 61.7 Å². The Labute approximate surface area is 154 Å². The van der Waals surface area contributed by atoms with Crippen molar-refractivity contribution < 1.29 is 0 Å². The van der Waals surface area contributed by atoms with Gasteiger partial charge in [0.25, 0.3) is 0 Å². The number of hydrogen-bond donors (Lipinski definition) is 0. The fourth-order valence-corrected chi connectivity index (χ4v) is 3.33. The Kier molecular flexibility index (Phi) is 4.97. The van der Waals surface area contributed by atoms with Crippen LogP contribution < -0.4 is 0 Å². The van der Waals surface area contributed by atoms with Crippen LogP contribution in [0.25, 0.3) is 11.4 Å². The van der Waals surface area contributed by atoms with Gasteiger partial charge in [-0.2, -0.15) is 0 Å². The molecular weight excluding hydrogens is 322 g/mol. The largest absolute Gasteiger partial charge is 0.294 e. The van der Waals surface area contributed by atoms with Gasteiger partial charge >= 0.3 is 0 Å². The van der Waals surface area contributed by atoms with Crippen molar-refractivity contribution in [3.63, 3.8) is 0 Å². The number of aromatic nitrogens is 4. The first kappa shape index (κ1) is 16.8. The van der Waals surface area contributed by atoms with Gasteiger partial charge in [0.05, 0.1) is 0 Å². The SMILES string of the molecule is CCCc1ncc2c(n1)CCN(Cc1cnc(-c3ccccc3)nc1)C2. The van der Waals surface area contributed by atoms with Gasteiger partial charge in [-0.05, 0) is 6.42 Å². The highest BCUT2D eigenvalue weighted by Crippen LogP contribution is 2.19. The Morgan fingerprint density at radius 2 is 1.81 bits per heavy atom. The second-order valence-electron chi connectivity index (χ2n) is 6.75. The molecule has 0 amide bonds. The van der Waals surface area contributed by atoms with Crippen LogP contribution in [0.15, 0.2) is 48.9 Å². The molecule has 4 rings (SSSR count). The van der Waals surface area contributed by atoms with Gasteiger partial charge in [0, 0.05) is 73.5 Å². The van der Waals surface area contributed by atoms with Gasteiger partial charge in [0.15, 0.2) is 5.82 Å². The van der Waals surface area contributed by atoms with E-state index in [-0.39, 0.29) is 0 Å². The topological polar surface area (TPSA) is 54.8 Å². The van der Waals surface area contributed by atoms with Gasteiger partial charge in [-0.1, -0.05) is 37.3 Å². The lowest BCUT2D eigenvalue weighted by Gasteiger charge is -2.27. The summed E-state index contributed by atoms with van der Waals surface area (Å²) >= 11 is 0. The molecule has 0 aliphatic carbocycles. The average Bonchev–Trinajstić information content (AvgIpc) is 2.70. The number of hydrogen-bond acceptors (Lipinski definition) is 5. The standard InChI is InChI=1S/C21H23N5/c1-2-6-20-22-13-18-15-26(10-9-19(18)25-20)14-16-11-23-21(24-12-16)17-7-4-3-5-8-17/h3-5,7-8,11-13H,2,6,9-10,14-15H2,1H3. The summed E-state index contributed by atoms with van der Waals surface area (Å²) in [5, 5.41) is 0. The zero-order chi connectivity index (χ0) is 17.8. The molecule has 0 N–H and O–H groups in total. The van der Waals surface area contributed by atoms with E-state index >= 15 is 0 Å². The molecule has 0 radical (unpaired) electrons. The highest BCUT2D eigenvalue weighted by atomic mass is 15.1. The maximum absolute atomic E-state index is 4.73. The van der Waals surface area contributed by atoms with Crippen LogP contribution in [0.3, 0.4) is 0 Å². The molecule has 3 aromatic rings. The van der Waals surface area contributed by atoms with E-state index in [2.05, 4.69) is 26.8 Å². The van der Waals surface area contributed by atoms with E-state index in [4.69, 9.17) is 4.98 Å². The predicted octanol–water partition coefficient (Wildman–Crippen LogP) is 3.44. The molecule has 0 bridgehead atoms. The van der Waals surface area contributed by atoms with Crippen molar-refractivity contribution in [2.24, 2.45) is 0 Å². The number of benzene rings is 1. The minimum atomic E-state index is 0.773. The van der Waals surface area contributed by atoms with E-state index < -0.39 is 0 Å². The van der Waals surface area contributed by atoms with Crippen LogP contribution in [0.4, 0.5) is 0 Å². The van der Waals surface area contributed by atoms with Crippen LogP contribution in [0, 0.1) is 0 Å². The Bertz CT molecular complexity index is 861. The second-order valence-corrected chi connectivity index (χ2v) is 6.75. The van der Waals surface area contributed by atoms with E-state index in [9.17, 15) is 0 Å². The van der Waals surface area contributed by atoms with Gasteiger partial charge in [0.2, 0.25) is 0 Å². The molecule has 1 aliphatic heterocycles. The first-order valence-electron chi connectivity index (χ1n) is 9.24. The van der Waals surface area contributed by atoms with Gasteiger partial charge in [-0.15, -0.1) is 0 Å². The summed E-state index contributed by atoms with van der Waals surface area (Å²) in [5.74, 6) is 1.75. The zero-order valence-corrected chi connectivity index (χ0v) is 15.1. The lowest BCUT2D eigenvalue weighted by Crippen LogP contribution is -2.31. The van der Waals surface area contributed by atoms with Crippen LogP contribution in [-0.4, -0.2) is 31.4 Å². The first-order chi connectivity index (χ1) is 12.8. The maximum Gasteiger partial charge on any atom is 0.159 e. The summed E-state index contributed by atoms with van der Waals surface area (Å²) in [5.41, 5.74) is 4.65. The molecular formula is C21H23N5. The molecule has 2 aromatic heterocycles. The molecule has 0 saturated heterocycles. The van der Waals surface area contributed by atoms with Crippen LogP contribution in [0.1, 0.15) is 36.0 Å². The molecule has 0 spiro atoms. The van der Waals surface area contributed by atoms with Crippen LogP contribution in [0.2, 0.25) is 0 Å². The van der Waals surface area contributed by atoms with Crippen molar-refractivity contribution >= 4 is 0 Å². The number of aryl methyl sites for hydroxylation is 1. The minimum absolute atomic E-state index is 0.773. The summed E-state index contributed by atoms with van der Waals surface area (Å²) < 4.78 is 0. The van der Waals surface area contributed by atoms with E-state index in [0.29, 0.717) is 0 Å². The molecule has 0 saturated carbocycles. The van der Waals surface area contributed by atoms with Gasteiger partial charge < -0.3 is 0 Å². The van der Waals surface area contributed by atoms with Crippen LogP contribution >= 0.6 is 0 Å². The third kappa shape index (κ3) is 3.78. The summed E-state index contributed by atoms with van der Waals surface area (Å²) in [4.78, 5) is 20.7. The smallest absolute Gasteiger partial charge is 0.159 e. The monoisotopic (exact) mass is 345 g/mol. The first-order valence-corrected chi connectivity index (χ1v) is 9.24. The van der Waals surface area contributed by atoms with Crippen molar-refractivity contribution in [2.75, 3.05) is 6.54 Å².